The number of carbonyl (C=O) groups is 10. The lowest BCUT2D eigenvalue weighted by Crippen LogP contribution is -2.60. The van der Waals surface area contributed by atoms with Gasteiger partial charge in [0.25, 0.3) is 5.91 Å². The molecular formula is C50H80N8O12. The number of nitrogens with zero attached hydrogens (tertiary/aromatic N) is 3. The summed E-state index contributed by atoms with van der Waals surface area (Å²) in [5, 5.41) is 13.2. The molecule has 2 rings (SSSR count). The van der Waals surface area contributed by atoms with E-state index in [1.54, 1.807) is 65.8 Å². The molecule has 8 amide bonds. The molecule has 0 radical (unpaired) electrons. The molecule has 0 spiro atoms. The quantitative estimate of drug-likeness (QED) is 0.175. The van der Waals surface area contributed by atoms with Crippen LogP contribution in [0.25, 0.3) is 0 Å². The highest BCUT2D eigenvalue weighted by molar-refractivity contribution is 6.09. The third kappa shape index (κ3) is 15.5. The van der Waals surface area contributed by atoms with Gasteiger partial charge in [-0.1, -0.05) is 67.0 Å². The van der Waals surface area contributed by atoms with Gasteiger partial charge in [-0.2, -0.15) is 0 Å². The summed E-state index contributed by atoms with van der Waals surface area (Å²) in [7, 11) is 5.72. The number of esters is 1. The molecule has 392 valence electrons. The van der Waals surface area contributed by atoms with Gasteiger partial charge in [0.2, 0.25) is 41.4 Å². The Morgan fingerprint density at radius 3 is 1.70 bits per heavy atom. The van der Waals surface area contributed by atoms with Gasteiger partial charge in [0.1, 0.15) is 35.3 Å². The molecule has 1 aliphatic rings. The lowest BCUT2D eigenvalue weighted by atomic mass is 9.83. The average Bonchev–Trinajstić information content (AvgIpc) is 3.32. The second kappa shape index (κ2) is 26.8. The van der Waals surface area contributed by atoms with Gasteiger partial charge in [-0.3, -0.25) is 47.9 Å². The molecule has 10 atom stereocenters. The maximum absolute atomic E-state index is 14.6. The summed E-state index contributed by atoms with van der Waals surface area (Å²) in [5.74, 6) is -8.89. The summed E-state index contributed by atoms with van der Waals surface area (Å²) in [4.78, 5) is 143. The van der Waals surface area contributed by atoms with E-state index >= 15 is 0 Å². The standard InChI is InChI=1S/C50H80N8O12/c1-17-28(6)40-45(64)51-25-37(59)57(14)39(27(4)5)47(66)56(13)36(24-33-20-22-34(69-16)23-21-33)44(63)53-31(9)42(61)50(11,12)49(68)54-32(10)43(62)55-35(19-3)30(8)48(67)70-41(29(7)18-2)46(65)52-26-38(60)58(40)15/h20-23,27-32,35-36,39-41H,17-19,24-26H2,1-16H3,(H,51,64)(H,52,65)(H,53,63)(H,54,68)(H,55,62)/t28-,29-,30-,31-,32-,35?,36?,39-,40-,41-/m0/s1. The van der Waals surface area contributed by atoms with Gasteiger partial charge in [-0.05, 0) is 77.0 Å². The smallest absolute Gasteiger partial charge is 0.311 e. The van der Waals surface area contributed by atoms with Crippen LogP contribution in [0.3, 0.4) is 0 Å². The van der Waals surface area contributed by atoms with Crippen molar-refractivity contribution >= 4 is 59.0 Å². The minimum absolute atomic E-state index is 0.0333. The van der Waals surface area contributed by atoms with E-state index in [1.807, 2.05) is 6.92 Å². The van der Waals surface area contributed by atoms with E-state index < -0.39 is 144 Å². The largest absolute Gasteiger partial charge is 0.497 e. The minimum atomic E-state index is -1.79. The number of likely N-dealkylation sites (N-methyl/N-ethyl adjacent to an activating group) is 3. The Hall–Kier alpha value is -6.08. The topological polar surface area (TPSA) is 259 Å². The fourth-order valence-electron chi connectivity index (χ4n) is 8.18. The van der Waals surface area contributed by atoms with Gasteiger partial charge in [0, 0.05) is 39.5 Å². The van der Waals surface area contributed by atoms with E-state index in [9.17, 15) is 47.9 Å². The van der Waals surface area contributed by atoms with E-state index in [-0.39, 0.29) is 12.8 Å². The first kappa shape index (κ1) is 60.0. The highest BCUT2D eigenvalue weighted by Gasteiger charge is 2.43. The van der Waals surface area contributed by atoms with Crippen molar-refractivity contribution < 1.29 is 57.4 Å². The Morgan fingerprint density at radius 1 is 0.671 bits per heavy atom. The molecule has 2 unspecified atom stereocenters. The number of benzene rings is 1. The second-order valence-corrected chi connectivity index (χ2v) is 19.5. The molecular weight excluding hydrogens is 905 g/mol. The molecule has 1 fully saturated rings. The maximum Gasteiger partial charge on any atom is 0.311 e. The Labute approximate surface area is 413 Å². The summed E-state index contributed by atoms with van der Waals surface area (Å²) in [6, 6.07) is 0.0462. The number of cyclic esters (lactones) is 1. The van der Waals surface area contributed by atoms with Gasteiger partial charge in [-0.15, -0.1) is 0 Å². The molecule has 5 N–H and O–H groups in total. The number of rotatable bonds is 9. The van der Waals surface area contributed by atoms with Crippen LogP contribution < -0.4 is 31.3 Å². The summed E-state index contributed by atoms with van der Waals surface area (Å²) in [5.41, 5.74) is -1.16. The van der Waals surface area contributed by atoms with Crippen LogP contribution in [-0.4, -0.2) is 157 Å². The summed E-state index contributed by atoms with van der Waals surface area (Å²) < 4.78 is 11.0. The van der Waals surface area contributed by atoms with Crippen LogP contribution in [0.2, 0.25) is 0 Å². The van der Waals surface area contributed by atoms with E-state index in [4.69, 9.17) is 9.47 Å². The molecule has 1 aromatic rings. The van der Waals surface area contributed by atoms with Gasteiger partial charge >= 0.3 is 5.97 Å². The van der Waals surface area contributed by atoms with Crippen LogP contribution in [0.4, 0.5) is 0 Å². The fraction of sp³-hybridized carbons (Fsp3) is 0.680. The van der Waals surface area contributed by atoms with Gasteiger partial charge in [0.05, 0.1) is 32.2 Å². The SMILES string of the molecule is CCC1NC(=O)[C@H](C)NC(=O)C(C)(C)C(=O)[C@H](C)NC(=O)C(Cc2ccc(OC)cc2)N(C)C(=O)[C@H](C(C)C)N(C)C(=O)CNC(=O)[C@H]([C@@H](C)CC)N(C)C(=O)CNC(=O)[C@H]([C@@H](C)CC)OC(=O)[C@H]1C. The number of nitrogens with one attached hydrogen (secondary N) is 5. The van der Waals surface area contributed by atoms with Gasteiger partial charge < -0.3 is 50.8 Å². The third-order valence-electron chi connectivity index (χ3n) is 13.6. The molecule has 0 aromatic heterocycles. The maximum atomic E-state index is 14.6. The van der Waals surface area contributed by atoms with Crippen LogP contribution in [-0.2, 0) is 59.1 Å². The van der Waals surface area contributed by atoms with Crippen LogP contribution in [0, 0.1) is 29.1 Å². The Bertz CT molecular complexity index is 2040. The van der Waals surface area contributed by atoms with Crippen LogP contribution in [0.15, 0.2) is 24.3 Å². The molecule has 70 heavy (non-hydrogen) atoms. The van der Waals surface area contributed by atoms with Gasteiger partial charge in [-0.25, -0.2) is 0 Å². The zero-order chi connectivity index (χ0) is 53.5. The molecule has 1 aliphatic heterocycles. The summed E-state index contributed by atoms with van der Waals surface area (Å²) in [6.45, 7) is 18.2. The number of ketones is 1. The highest BCUT2D eigenvalue weighted by Crippen LogP contribution is 2.23. The van der Waals surface area contributed by atoms with Crippen molar-refractivity contribution in [3.63, 3.8) is 0 Å². The van der Waals surface area contributed by atoms with Crippen molar-refractivity contribution in [1.82, 2.24) is 41.3 Å². The number of amides is 8. The van der Waals surface area contributed by atoms with E-state index in [1.165, 1.54) is 77.6 Å². The molecule has 0 bridgehead atoms. The van der Waals surface area contributed by atoms with E-state index in [0.717, 1.165) is 0 Å². The second-order valence-electron chi connectivity index (χ2n) is 19.5. The van der Waals surface area contributed by atoms with Crippen molar-refractivity contribution in [2.24, 2.45) is 29.1 Å². The number of methoxy groups -OCH3 is 1. The average molecular weight is 985 g/mol. The first-order valence-electron chi connectivity index (χ1n) is 24.2. The first-order chi connectivity index (χ1) is 32.6. The van der Waals surface area contributed by atoms with Gasteiger partial charge in [0.15, 0.2) is 11.9 Å². The van der Waals surface area contributed by atoms with Crippen molar-refractivity contribution in [2.45, 2.75) is 151 Å². The number of hydrogen-bond donors (Lipinski definition) is 5. The highest BCUT2D eigenvalue weighted by atomic mass is 16.5. The normalized spacial score (nSPS) is 27.1. The Kier molecular flexibility index (Phi) is 23.0. The zero-order valence-corrected chi connectivity index (χ0v) is 44.1. The van der Waals surface area contributed by atoms with Crippen LogP contribution in [0.1, 0.15) is 108 Å². The van der Waals surface area contributed by atoms with Crippen LogP contribution >= 0.6 is 0 Å². The van der Waals surface area contributed by atoms with E-state index in [2.05, 4.69) is 26.6 Å². The minimum Gasteiger partial charge on any atom is -0.497 e. The lowest BCUT2D eigenvalue weighted by Gasteiger charge is -2.37. The van der Waals surface area contributed by atoms with Crippen LogP contribution in [0.5, 0.6) is 5.75 Å². The van der Waals surface area contributed by atoms with Crippen molar-refractivity contribution in [3.8, 4) is 5.75 Å². The monoisotopic (exact) mass is 985 g/mol. The Morgan fingerprint density at radius 2 is 1.20 bits per heavy atom. The number of carbonyl (C=O) groups excluding carboxylic acids is 10. The van der Waals surface area contributed by atoms with Crippen molar-refractivity contribution in [1.29, 1.82) is 0 Å². The lowest BCUT2D eigenvalue weighted by molar-refractivity contribution is -0.163. The van der Waals surface area contributed by atoms with E-state index in [0.29, 0.717) is 24.2 Å². The number of Topliss-reactive ketones (excluding diaryl/α,β-unsaturated/α-hetero) is 1. The molecule has 0 saturated carbocycles. The predicted octanol–water partition coefficient (Wildman–Crippen LogP) is 1.76. The molecule has 0 aliphatic carbocycles. The number of ether oxygens (including phenoxy) is 2. The first-order valence-corrected chi connectivity index (χ1v) is 24.2. The summed E-state index contributed by atoms with van der Waals surface area (Å²) >= 11 is 0. The molecule has 20 nitrogen and oxygen atoms in total. The van der Waals surface area contributed by atoms with Crippen molar-refractivity contribution in [3.05, 3.63) is 29.8 Å². The van der Waals surface area contributed by atoms with Crippen molar-refractivity contribution in [2.75, 3.05) is 41.3 Å². The number of hydrogen-bond acceptors (Lipinski definition) is 12. The molecule has 1 aromatic carbocycles. The third-order valence-corrected chi connectivity index (χ3v) is 13.6. The predicted molar refractivity (Wildman–Crippen MR) is 261 cm³/mol. The zero-order valence-electron chi connectivity index (χ0n) is 44.1. The Balaban J connectivity index is 2.69. The molecule has 1 saturated heterocycles. The molecule has 20 heteroatoms. The fourth-order valence-corrected chi connectivity index (χ4v) is 8.18. The summed E-state index contributed by atoms with van der Waals surface area (Å²) in [6.07, 6.45) is -0.234. The molecule has 1 heterocycles.